The number of rotatable bonds is 4. The van der Waals surface area contributed by atoms with Crippen LogP contribution in [0.3, 0.4) is 0 Å². The van der Waals surface area contributed by atoms with Gasteiger partial charge in [-0.2, -0.15) is 5.26 Å². The van der Waals surface area contributed by atoms with E-state index < -0.39 is 10.0 Å². The fourth-order valence-electron chi connectivity index (χ4n) is 1.59. The van der Waals surface area contributed by atoms with E-state index in [1.807, 2.05) is 6.07 Å². The summed E-state index contributed by atoms with van der Waals surface area (Å²) in [7, 11) is -2.16. The van der Waals surface area contributed by atoms with Crippen molar-refractivity contribution in [2.24, 2.45) is 0 Å². The number of nitrogens with one attached hydrogen (secondary N) is 2. The quantitative estimate of drug-likeness (QED) is 0.886. The van der Waals surface area contributed by atoms with Gasteiger partial charge in [0.2, 0.25) is 5.95 Å². The molecule has 0 aliphatic heterocycles. The Bertz CT molecular complexity index is 794. The van der Waals surface area contributed by atoms with E-state index in [0.717, 1.165) is 0 Å². The van der Waals surface area contributed by atoms with E-state index in [4.69, 9.17) is 5.26 Å². The Morgan fingerprint density at radius 1 is 1.24 bits per heavy atom. The van der Waals surface area contributed by atoms with Crippen LogP contribution >= 0.6 is 0 Å². The maximum absolute atomic E-state index is 12.3. The highest BCUT2D eigenvalue weighted by molar-refractivity contribution is 7.92. The third-order valence-corrected chi connectivity index (χ3v) is 4.09. The Morgan fingerprint density at radius 3 is 2.48 bits per heavy atom. The van der Waals surface area contributed by atoms with Crippen molar-refractivity contribution in [1.29, 1.82) is 5.26 Å². The summed E-state index contributed by atoms with van der Waals surface area (Å²) in [5.41, 5.74) is 1.44. The molecule has 21 heavy (non-hydrogen) atoms. The van der Waals surface area contributed by atoms with Crippen molar-refractivity contribution < 1.29 is 8.42 Å². The van der Waals surface area contributed by atoms with Gasteiger partial charge in [-0.3, -0.25) is 4.72 Å². The molecule has 0 bridgehead atoms. The predicted octanol–water partition coefficient (Wildman–Crippen LogP) is 1.50. The van der Waals surface area contributed by atoms with Gasteiger partial charge >= 0.3 is 0 Å². The summed E-state index contributed by atoms with van der Waals surface area (Å²) in [6, 6.07) is 6.75. The maximum atomic E-state index is 12.3. The molecule has 2 rings (SSSR count). The molecule has 0 fully saturated rings. The molecule has 0 saturated carbocycles. The highest BCUT2D eigenvalue weighted by Crippen LogP contribution is 2.20. The number of nitrogens with zero attached hydrogens (tertiary/aromatic N) is 3. The lowest BCUT2D eigenvalue weighted by Gasteiger charge is -2.10. The van der Waals surface area contributed by atoms with E-state index in [0.29, 0.717) is 22.8 Å². The first kappa shape index (κ1) is 14.7. The smallest absolute Gasteiger partial charge is 0.264 e. The van der Waals surface area contributed by atoms with E-state index in [1.165, 1.54) is 18.5 Å². The topological polar surface area (TPSA) is 108 Å². The molecule has 2 N–H and O–H groups in total. The molecule has 7 nitrogen and oxygen atoms in total. The molecular formula is C13H13N5O2S. The van der Waals surface area contributed by atoms with Gasteiger partial charge in [-0.1, -0.05) is 6.07 Å². The van der Waals surface area contributed by atoms with E-state index in [-0.39, 0.29) is 4.90 Å². The Balaban J connectivity index is 2.35. The normalized spacial score (nSPS) is 10.7. The zero-order valence-corrected chi connectivity index (χ0v) is 12.3. The van der Waals surface area contributed by atoms with Gasteiger partial charge in [0.25, 0.3) is 10.0 Å². The molecule has 1 heterocycles. The number of aromatic nitrogens is 2. The highest BCUT2D eigenvalue weighted by atomic mass is 32.2. The van der Waals surface area contributed by atoms with Crippen molar-refractivity contribution in [2.75, 3.05) is 17.1 Å². The van der Waals surface area contributed by atoms with Gasteiger partial charge in [0.1, 0.15) is 4.90 Å². The lowest BCUT2D eigenvalue weighted by molar-refractivity contribution is 0.600. The minimum atomic E-state index is -3.80. The maximum Gasteiger partial charge on any atom is 0.264 e. The van der Waals surface area contributed by atoms with E-state index in [2.05, 4.69) is 20.0 Å². The van der Waals surface area contributed by atoms with Crippen LogP contribution in [0.4, 0.5) is 11.6 Å². The number of hydrogen-bond donors (Lipinski definition) is 2. The lowest BCUT2D eigenvalue weighted by Crippen LogP contribution is -2.15. The molecule has 0 aliphatic rings. The van der Waals surface area contributed by atoms with Crippen LogP contribution in [-0.2, 0) is 10.0 Å². The number of aryl methyl sites for hydroxylation is 1. The molecule has 2 aromatic rings. The zero-order chi connectivity index (χ0) is 15.5. The predicted molar refractivity (Wildman–Crippen MR) is 78.3 cm³/mol. The molecule has 0 radical (unpaired) electrons. The van der Waals surface area contributed by atoms with Crippen LogP contribution in [0.5, 0.6) is 0 Å². The Hall–Kier alpha value is -2.66. The van der Waals surface area contributed by atoms with Crippen molar-refractivity contribution in [3.63, 3.8) is 0 Å². The van der Waals surface area contributed by atoms with Gasteiger partial charge in [-0.05, 0) is 24.6 Å². The second-order valence-corrected chi connectivity index (χ2v) is 5.92. The van der Waals surface area contributed by atoms with Gasteiger partial charge in [0.05, 0.1) is 29.7 Å². The van der Waals surface area contributed by atoms with Crippen LogP contribution in [-0.4, -0.2) is 25.4 Å². The molecule has 8 heteroatoms. The highest BCUT2D eigenvalue weighted by Gasteiger charge is 2.16. The fraction of sp³-hybridized carbons (Fsp3) is 0.154. The first-order valence-corrected chi connectivity index (χ1v) is 7.48. The summed E-state index contributed by atoms with van der Waals surface area (Å²) >= 11 is 0. The Kier molecular flexibility index (Phi) is 4.05. The van der Waals surface area contributed by atoms with Gasteiger partial charge in [-0.15, -0.1) is 0 Å². The third-order valence-electron chi connectivity index (χ3n) is 2.77. The summed E-state index contributed by atoms with van der Waals surface area (Å²) < 4.78 is 27.0. The first-order valence-electron chi connectivity index (χ1n) is 5.99. The molecule has 0 saturated heterocycles. The van der Waals surface area contributed by atoms with Crippen molar-refractivity contribution in [1.82, 2.24) is 9.97 Å². The molecule has 1 aromatic heterocycles. The van der Waals surface area contributed by atoms with Gasteiger partial charge in [0.15, 0.2) is 0 Å². The fourth-order valence-corrected chi connectivity index (χ4v) is 2.60. The number of sulfonamides is 1. The minimum Gasteiger partial charge on any atom is -0.357 e. The summed E-state index contributed by atoms with van der Waals surface area (Å²) in [4.78, 5) is 7.68. The molecule has 0 atom stereocenters. The van der Waals surface area contributed by atoms with Crippen molar-refractivity contribution in [2.45, 2.75) is 11.8 Å². The van der Waals surface area contributed by atoms with E-state index >= 15 is 0 Å². The average Bonchev–Trinajstić information content (AvgIpc) is 2.49. The van der Waals surface area contributed by atoms with Gasteiger partial charge in [0, 0.05) is 7.05 Å². The van der Waals surface area contributed by atoms with Crippen LogP contribution in [0.2, 0.25) is 0 Å². The van der Waals surface area contributed by atoms with Crippen LogP contribution in [0.1, 0.15) is 11.1 Å². The second kappa shape index (κ2) is 5.76. The Morgan fingerprint density at radius 2 is 1.90 bits per heavy atom. The van der Waals surface area contributed by atoms with E-state index in [9.17, 15) is 8.42 Å². The number of hydrogen-bond acceptors (Lipinski definition) is 6. The Labute approximate surface area is 122 Å². The standard InChI is InChI=1S/C13H13N5O2S/c1-9-3-4-10(6-14)5-12(9)18-21(19,20)11-7-16-13(15-2)17-8-11/h3-5,7-8,18H,1-2H3,(H,15,16,17). The third kappa shape index (κ3) is 3.27. The monoisotopic (exact) mass is 303 g/mol. The lowest BCUT2D eigenvalue weighted by atomic mass is 10.1. The minimum absolute atomic E-state index is 0.0525. The van der Waals surface area contributed by atoms with Crippen LogP contribution in [0.25, 0.3) is 0 Å². The molecule has 0 aliphatic carbocycles. The average molecular weight is 303 g/mol. The SMILES string of the molecule is CNc1ncc(S(=O)(=O)Nc2cc(C#N)ccc2C)cn1. The summed E-state index contributed by atoms with van der Waals surface area (Å²) in [5, 5.41) is 11.6. The number of anilines is 2. The molecule has 0 spiro atoms. The van der Waals surface area contributed by atoms with Crippen LogP contribution < -0.4 is 10.0 Å². The first-order chi connectivity index (χ1) is 9.96. The number of nitriles is 1. The molecule has 1 aromatic carbocycles. The van der Waals surface area contributed by atoms with Gasteiger partial charge < -0.3 is 5.32 Å². The molecule has 0 amide bonds. The second-order valence-electron chi connectivity index (χ2n) is 4.24. The summed E-state index contributed by atoms with van der Waals surface area (Å²) in [5.74, 6) is 0.330. The summed E-state index contributed by atoms with van der Waals surface area (Å²) in [6.45, 7) is 1.75. The molecular weight excluding hydrogens is 290 g/mol. The van der Waals surface area contributed by atoms with E-state index in [1.54, 1.807) is 26.1 Å². The number of benzene rings is 1. The van der Waals surface area contributed by atoms with Crippen molar-refractivity contribution >= 4 is 21.7 Å². The molecule has 0 unspecified atom stereocenters. The molecule has 108 valence electrons. The van der Waals surface area contributed by atoms with Crippen molar-refractivity contribution in [3.05, 3.63) is 41.7 Å². The summed E-state index contributed by atoms with van der Waals surface area (Å²) in [6.07, 6.45) is 2.43. The van der Waals surface area contributed by atoms with Crippen LogP contribution in [0, 0.1) is 18.3 Å². The van der Waals surface area contributed by atoms with Gasteiger partial charge in [-0.25, -0.2) is 18.4 Å². The zero-order valence-electron chi connectivity index (χ0n) is 11.5. The van der Waals surface area contributed by atoms with Crippen molar-refractivity contribution in [3.8, 4) is 6.07 Å². The van der Waals surface area contributed by atoms with Crippen LogP contribution in [0.15, 0.2) is 35.5 Å². The largest absolute Gasteiger partial charge is 0.357 e.